The van der Waals surface area contributed by atoms with Crippen LogP contribution in [-0.2, 0) is 19.1 Å². The average Bonchev–Trinajstić information content (AvgIpc) is 2.97. The zero-order chi connectivity index (χ0) is 19.8. The normalized spacial score (nSPS) is 13.8. The molecule has 146 valence electrons. The van der Waals surface area contributed by atoms with E-state index in [2.05, 4.69) is 19.2 Å². The molecule has 0 unspecified atom stereocenters. The minimum absolute atomic E-state index is 0.0971. The van der Waals surface area contributed by atoms with Gasteiger partial charge in [0.15, 0.2) is 13.2 Å². The Balaban J connectivity index is 1.61. The molecular formula is C18H22N2O6S. The molecule has 0 aliphatic carbocycles. The van der Waals surface area contributed by atoms with Gasteiger partial charge < -0.3 is 14.8 Å². The van der Waals surface area contributed by atoms with Crippen molar-refractivity contribution in [1.29, 1.82) is 0 Å². The standard InChI is InChI=1S/C18H22N2O6S/c1-12(2)13-3-5-14(6-4-13)25-10-17(23)26-9-15(21)19-7-8-20-16(22)11-27-18(20)24/h3-6,12H,7-11H2,1-2H3,(H,19,21). The summed E-state index contributed by atoms with van der Waals surface area (Å²) in [4.78, 5) is 47.1. The number of rotatable bonds is 9. The van der Waals surface area contributed by atoms with E-state index in [9.17, 15) is 19.2 Å². The van der Waals surface area contributed by atoms with Crippen molar-refractivity contribution in [3.05, 3.63) is 29.8 Å². The molecule has 1 saturated heterocycles. The summed E-state index contributed by atoms with van der Waals surface area (Å²) in [6.45, 7) is 3.61. The molecule has 1 aromatic rings. The van der Waals surface area contributed by atoms with Gasteiger partial charge in [-0.25, -0.2) is 4.79 Å². The van der Waals surface area contributed by atoms with E-state index in [1.54, 1.807) is 12.1 Å². The highest BCUT2D eigenvalue weighted by atomic mass is 32.2. The largest absolute Gasteiger partial charge is 0.482 e. The summed E-state index contributed by atoms with van der Waals surface area (Å²) < 4.78 is 10.1. The number of benzene rings is 1. The van der Waals surface area contributed by atoms with Gasteiger partial charge in [0, 0.05) is 13.1 Å². The molecule has 0 radical (unpaired) electrons. The van der Waals surface area contributed by atoms with Gasteiger partial charge in [-0.2, -0.15) is 0 Å². The second kappa shape index (κ2) is 9.96. The number of carbonyl (C=O) groups excluding carboxylic acids is 4. The topological polar surface area (TPSA) is 102 Å². The molecule has 0 aromatic heterocycles. The maximum Gasteiger partial charge on any atom is 0.344 e. The second-order valence-corrected chi connectivity index (χ2v) is 7.05. The molecule has 0 spiro atoms. The van der Waals surface area contributed by atoms with E-state index in [0.29, 0.717) is 11.7 Å². The predicted octanol–water partition coefficient (Wildman–Crippen LogP) is 1.54. The van der Waals surface area contributed by atoms with Crippen LogP contribution in [0.1, 0.15) is 25.3 Å². The van der Waals surface area contributed by atoms with Gasteiger partial charge in [0.25, 0.3) is 11.1 Å². The number of amides is 3. The smallest absolute Gasteiger partial charge is 0.344 e. The summed E-state index contributed by atoms with van der Waals surface area (Å²) in [5, 5.41) is 2.16. The van der Waals surface area contributed by atoms with Crippen LogP contribution >= 0.6 is 11.8 Å². The van der Waals surface area contributed by atoms with Crippen molar-refractivity contribution in [2.75, 3.05) is 32.1 Å². The Morgan fingerprint density at radius 2 is 1.89 bits per heavy atom. The third-order valence-corrected chi connectivity index (χ3v) is 4.62. The molecule has 8 nitrogen and oxygen atoms in total. The fraction of sp³-hybridized carbons (Fsp3) is 0.444. The monoisotopic (exact) mass is 394 g/mol. The molecule has 2 rings (SSSR count). The summed E-state index contributed by atoms with van der Waals surface area (Å²) in [5.74, 6) is -0.383. The maximum absolute atomic E-state index is 11.6. The van der Waals surface area contributed by atoms with Crippen LogP contribution in [0.5, 0.6) is 5.75 Å². The lowest BCUT2D eigenvalue weighted by molar-refractivity contribution is -0.150. The highest BCUT2D eigenvalue weighted by molar-refractivity contribution is 8.14. The molecule has 1 heterocycles. The molecule has 0 atom stereocenters. The molecule has 1 aliphatic heterocycles. The van der Waals surface area contributed by atoms with Crippen molar-refractivity contribution in [3.8, 4) is 5.75 Å². The van der Waals surface area contributed by atoms with Gasteiger partial charge >= 0.3 is 5.97 Å². The second-order valence-electron chi connectivity index (χ2n) is 6.12. The molecular weight excluding hydrogens is 372 g/mol. The van der Waals surface area contributed by atoms with Crippen LogP contribution in [0.3, 0.4) is 0 Å². The zero-order valence-electron chi connectivity index (χ0n) is 15.2. The number of hydrogen-bond acceptors (Lipinski definition) is 7. The van der Waals surface area contributed by atoms with Gasteiger partial charge in [-0.15, -0.1) is 0 Å². The van der Waals surface area contributed by atoms with Gasteiger partial charge in [-0.05, 0) is 23.6 Å². The first kappa shape index (κ1) is 20.8. The predicted molar refractivity (Wildman–Crippen MR) is 99.6 cm³/mol. The highest BCUT2D eigenvalue weighted by Crippen LogP contribution is 2.19. The van der Waals surface area contributed by atoms with E-state index in [1.165, 1.54) is 0 Å². The van der Waals surface area contributed by atoms with E-state index in [-0.39, 0.29) is 36.6 Å². The first-order chi connectivity index (χ1) is 12.9. The minimum atomic E-state index is -0.667. The Morgan fingerprint density at radius 3 is 2.48 bits per heavy atom. The quantitative estimate of drug-likeness (QED) is 0.634. The molecule has 9 heteroatoms. The van der Waals surface area contributed by atoms with Crippen LogP contribution in [-0.4, -0.2) is 60.0 Å². The third-order valence-electron chi connectivity index (χ3n) is 3.77. The molecule has 1 fully saturated rings. The lowest BCUT2D eigenvalue weighted by atomic mass is 10.0. The number of carbonyl (C=O) groups is 4. The van der Waals surface area contributed by atoms with Crippen LogP contribution in [0, 0.1) is 0 Å². The minimum Gasteiger partial charge on any atom is -0.482 e. The van der Waals surface area contributed by atoms with Crippen molar-refractivity contribution in [1.82, 2.24) is 10.2 Å². The summed E-state index contributed by atoms with van der Waals surface area (Å²) in [6.07, 6.45) is 0. The number of ether oxygens (including phenoxy) is 2. The summed E-state index contributed by atoms with van der Waals surface area (Å²) in [6, 6.07) is 7.39. The molecule has 1 aliphatic rings. The van der Waals surface area contributed by atoms with Crippen molar-refractivity contribution < 1.29 is 28.7 Å². The fourth-order valence-corrected chi connectivity index (χ4v) is 2.99. The van der Waals surface area contributed by atoms with Gasteiger partial charge in [-0.3, -0.25) is 19.3 Å². The Bertz CT molecular complexity index is 688. The Kier molecular flexibility index (Phi) is 7.66. The molecule has 1 aromatic carbocycles. The van der Waals surface area contributed by atoms with Crippen LogP contribution < -0.4 is 10.1 Å². The Hall–Kier alpha value is -2.55. The first-order valence-electron chi connectivity index (χ1n) is 8.49. The summed E-state index contributed by atoms with van der Waals surface area (Å²) in [7, 11) is 0. The van der Waals surface area contributed by atoms with E-state index in [0.717, 1.165) is 22.2 Å². The van der Waals surface area contributed by atoms with Crippen LogP contribution in [0.2, 0.25) is 0 Å². The SMILES string of the molecule is CC(C)c1ccc(OCC(=O)OCC(=O)NCCN2C(=O)CSC2=O)cc1. The Morgan fingerprint density at radius 1 is 1.19 bits per heavy atom. The summed E-state index contributed by atoms with van der Waals surface area (Å²) >= 11 is 0.934. The van der Waals surface area contributed by atoms with E-state index >= 15 is 0 Å². The van der Waals surface area contributed by atoms with E-state index in [4.69, 9.17) is 9.47 Å². The third kappa shape index (κ3) is 6.59. The lowest BCUT2D eigenvalue weighted by Gasteiger charge is -2.13. The van der Waals surface area contributed by atoms with Gasteiger partial charge in [0.1, 0.15) is 5.75 Å². The molecule has 0 saturated carbocycles. The highest BCUT2D eigenvalue weighted by Gasteiger charge is 2.29. The van der Waals surface area contributed by atoms with Crippen LogP contribution in [0.15, 0.2) is 24.3 Å². The van der Waals surface area contributed by atoms with Gasteiger partial charge in [-0.1, -0.05) is 37.7 Å². The number of nitrogens with zero attached hydrogens (tertiary/aromatic N) is 1. The lowest BCUT2D eigenvalue weighted by Crippen LogP contribution is -2.39. The summed E-state index contributed by atoms with van der Waals surface area (Å²) in [5.41, 5.74) is 1.16. The number of nitrogens with one attached hydrogen (secondary N) is 1. The molecule has 3 amide bonds. The van der Waals surface area contributed by atoms with Crippen molar-refractivity contribution in [2.45, 2.75) is 19.8 Å². The Labute approximate surface area is 161 Å². The van der Waals surface area contributed by atoms with Crippen molar-refractivity contribution in [2.24, 2.45) is 0 Å². The van der Waals surface area contributed by atoms with Crippen molar-refractivity contribution in [3.63, 3.8) is 0 Å². The van der Waals surface area contributed by atoms with Gasteiger partial charge in [0.05, 0.1) is 5.75 Å². The number of thioether (sulfide) groups is 1. The van der Waals surface area contributed by atoms with Crippen LogP contribution in [0.25, 0.3) is 0 Å². The number of imide groups is 1. The fourth-order valence-electron chi connectivity index (χ4n) is 2.23. The molecule has 27 heavy (non-hydrogen) atoms. The van der Waals surface area contributed by atoms with E-state index < -0.39 is 18.5 Å². The van der Waals surface area contributed by atoms with E-state index in [1.807, 2.05) is 12.1 Å². The molecule has 0 bridgehead atoms. The molecule has 1 N–H and O–H groups in total. The number of esters is 1. The average molecular weight is 394 g/mol. The maximum atomic E-state index is 11.6. The van der Waals surface area contributed by atoms with Crippen molar-refractivity contribution >= 4 is 34.8 Å². The zero-order valence-corrected chi connectivity index (χ0v) is 16.0. The van der Waals surface area contributed by atoms with Gasteiger partial charge in [0.2, 0.25) is 5.91 Å². The van der Waals surface area contributed by atoms with Crippen LogP contribution in [0.4, 0.5) is 4.79 Å². The first-order valence-corrected chi connectivity index (χ1v) is 9.47. The number of hydrogen-bond donors (Lipinski definition) is 1.